The lowest BCUT2D eigenvalue weighted by Gasteiger charge is -2.50. The molecule has 4 atom stereocenters. The van der Waals surface area contributed by atoms with E-state index in [1.54, 1.807) is 0 Å². The summed E-state index contributed by atoms with van der Waals surface area (Å²) in [6, 6.07) is 0.760. The number of nitrogens with two attached hydrogens (primary N) is 1. The molecule has 3 aliphatic heterocycles. The van der Waals surface area contributed by atoms with Gasteiger partial charge < -0.3 is 10.6 Å². The largest absolute Gasteiger partial charge is 0.329 e. The first kappa shape index (κ1) is 11.0. The van der Waals surface area contributed by atoms with Gasteiger partial charge in [0, 0.05) is 24.7 Å². The molecule has 2 bridgehead atoms. The van der Waals surface area contributed by atoms with Crippen LogP contribution in [0, 0.1) is 5.92 Å². The Morgan fingerprint density at radius 3 is 2.81 bits per heavy atom. The molecule has 0 saturated carbocycles. The van der Waals surface area contributed by atoms with Gasteiger partial charge in [-0.2, -0.15) is 0 Å². The van der Waals surface area contributed by atoms with Crippen LogP contribution in [0.3, 0.4) is 0 Å². The lowest BCUT2D eigenvalue weighted by molar-refractivity contribution is 0.00302. The second kappa shape index (κ2) is 3.97. The molecule has 3 aliphatic rings. The zero-order chi connectivity index (χ0) is 11.2. The van der Waals surface area contributed by atoms with Crippen molar-refractivity contribution in [3.8, 4) is 0 Å². The van der Waals surface area contributed by atoms with Crippen LogP contribution in [-0.2, 0) is 0 Å². The highest BCUT2D eigenvalue weighted by Crippen LogP contribution is 2.42. The Hall–Kier alpha value is -0.120. The maximum atomic E-state index is 6.20. The molecule has 4 unspecified atom stereocenters. The molecule has 3 rings (SSSR count). The number of rotatable bonds is 2. The molecule has 3 nitrogen and oxygen atoms in total. The van der Waals surface area contributed by atoms with Gasteiger partial charge in [-0.05, 0) is 58.2 Å². The summed E-state index contributed by atoms with van der Waals surface area (Å²) < 4.78 is 0. The van der Waals surface area contributed by atoms with E-state index in [1.807, 2.05) is 0 Å². The summed E-state index contributed by atoms with van der Waals surface area (Å²) in [5.41, 5.74) is 6.55. The van der Waals surface area contributed by atoms with Crippen LogP contribution in [0.15, 0.2) is 0 Å². The van der Waals surface area contributed by atoms with Crippen LogP contribution in [0.5, 0.6) is 0 Å². The fourth-order valence-electron chi connectivity index (χ4n) is 4.39. The van der Waals surface area contributed by atoms with Gasteiger partial charge >= 0.3 is 0 Å². The molecule has 92 valence electrons. The average Bonchev–Trinajstić information content (AvgIpc) is 2.89. The first-order chi connectivity index (χ1) is 7.76. The second-order valence-electron chi connectivity index (χ2n) is 6.03. The van der Waals surface area contributed by atoms with Crippen LogP contribution < -0.4 is 5.73 Å². The molecular formula is C13H25N3. The molecular weight excluding hydrogens is 198 g/mol. The van der Waals surface area contributed by atoms with E-state index in [-0.39, 0.29) is 0 Å². The standard InChI is InChI=1S/C13H25N3/c1-11-3-2-6-16(11)13(10-14)5-8-15-7-4-12(13)9-15/h11-12H,2-10,14H2,1H3. The first-order valence-corrected chi connectivity index (χ1v) is 6.95. The predicted octanol–water partition coefficient (Wildman–Crippen LogP) is 0.894. The SMILES string of the molecule is CC1CCCN1C1(CN)CCN2CCC1C2. The lowest BCUT2D eigenvalue weighted by Crippen LogP contribution is -2.63. The third kappa shape index (κ3) is 1.45. The Balaban J connectivity index is 1.86. The molecule has 3 fully saturated rings. The number of hydrogen-bond acceptors (Lipinski definition) is 3. The zero-order valence-electron chi connectivity index (χ0n) is 10.5. The monoisotopic (exact) mass is 223 g/mol. The van der Waals surface area contributed by atoms with Gasteiger partial charge in [-0.1, -0.05) is 0 Å². The third-order valence-electron chi connectivity index (χ3n) is 5.37. The van der Waals surface area contributed by atoms with Crippen molar-refractivity contribution in [2.75, 3.05) is 32.7 Å². The maximum Gasteiger partial charge on any atom is 0.0387 e. The summed E-state index contributed by atoms with van der Waals surface area (Å²) in [7, 11) is 0. The fraction of sp³-hybridized carbons (Fsp3) is 1.00. The van der Waals surface area contributed by atoms with Gasteiger partial charge in [-0.25, -0.2) is 0 Å². The topological polar surface area (TPSA) is 32.5 Å². The predicted molar refractivity (Wildman–Crippen MR) is 66.4 cm³/mol. The van der Waals surface area contributed by atoms with E-state index in [2.05, 4.69) is 16.7 Å². The van der Waals surface area contributed by atoms with Crippen molar-refractivity contribution in [3.05, 3.63) is 0 Å². The van der Waals surface area contributed by atoms with Crippen molar-refractivity contribution in [3.63, 3.8) is 0 Å². The summed E-state index contributed by atoms with van der Waals surface area (Å²) >= 11 is 0. The summed E-state index contributed by atoms with van der Waals surface area (Å²) in [4.78, 5) is 5.39. The molecule has 0 aromatic heterocycles. The van der Waals surface area contributed by atoms with Crippen LogP contribution in [0.2, 0.25) is 0 Å². The Bertz CT molecular complexity index is 268. The summed E-state index contributed by atoms with van der Waals surface area (Å²) in [6.45, 7) is 8.45. The highest BCUT2D eigenvalue weighted by atomic mass is 15.3. The van der Waals surface area contributed by atoms with Crippen LogP contribution in [0.1, 0.15) is 32.6 Å². The molecule has 0 amide bonds. The van der Waals surface area contributed by atoms with E-state index >= 15 is 0 Å². The van der Waals surface area contributed by atoms with E-state index < -0.39 is 0 Å². The van der Waals surface area contributed by atoms with Gasteiger partial charge in [0.1, 0.15) is 0 Å². The number of piperidine rings is 1. The van der Waals surface area contributed by atoms with Crippen molar-refractivity contribution in [1.82, 2.24) is 9.80 Å². The third-order valence-corrected chi connectivity index (χ3v) is 5.37. The van der Waals surface area contributed by atoms with Gasteiger partial charge in [0.25, 0.3) is 0 Å². The molecule has 16 heavy (non-hydrogen) atoms. The molecule has 0 radical (unpaired) electrons. The number of nitrogens with zero attached hydrogens (tertiary/aromatic N) is 2. The van der Waals surface area contributed by atoms with Crippen LogP contribution >= 0.6 is 0 Å². The van der Waals surface area contributed by atoms with Crippen molar-refractivity contribution >= 4 is 0 Å². The average molecular weight is 223 g/mol. The van der Waals surface area contributed by atoms with Gasteiger partial charge in [0.15, 0.2) is 0 Å². The Labute approximate surface area is 99.0 Å². The molecule has 3 heteroatoms. The van der Waals surface area contributed by atoms with E-state index in [0.29, 0.717) is 5.54 Å². The highest BCUT2D eigenvalue weighted by Gasteiger charge is 2.50. The molecule has 2 N–H and O–H groups in total. The zero-order valence-corrected chi connectivity index (χ0v) is 10.5. The molecule has 3 heterocycles. The first-order valence-electron chi connectivity index (χ1n) is 6.95. The van der Waals surface area contributed by atoms with E-state index in [9.17, 15) is 0 Å². The summed E-state index contributed by atoms with van der Waals surface area (Å²) in [6.07, 6.45) is 5.43. The molecule has 0 aromatic carbocycles. The number of hydrogen-bond donors (Lipinski definition) is 1. The number of likely N-dealkylation sites (tertiary alicyclic amines) is 1. The molecule has 0 aromatic rings. The molecule has 3 saturated heterocycles. The summed E-state index contributed by atoms with van der Waals surface area (Å²) in [5, 5.41) is 0. The quantitative estimate of drug-likeness (QED) is 0.755. The minimum atomic E-state index is 0.350. The molecule has 0 aliphatic carbocycles. The van der Waals surface area contributed by atoms with Crippen LogP contribution in [-0.4, -0.2) is 54.1 Å². The normalized spacial score (nSPS) is 48.8. The summed E-state index contributed by atoms with van der Waals surface area (Å²) in [5.74, 6) is 0.840. The maximum absolute atomic E-state index is 6.20. The smallest absolute Gasteiger partial charge is 0.0387 e. The van der Waals surface area contributed by atoms with E-state index in [0.717, 1.165) is 18.5 Å². The number of fused-ring (bicyclic) bond motifs is 2. The van der Waals surface area contributed by atoms with Gasteiger partial charge in [-0.15, -0.1) is 0 Å². The van der Waals surface area contributed by atoms with E-state index in [4.69, 9.17) is 5.73 Å². The van der Waals surface area contributed by atoms with Gasteiger partial charge in [-0.3, -0.25) is 4.90 Å². The van der Waals surface area contributed by atoms with Crippen molar-refractivity contribution in [2.45, 2.75) is 44.2 Å². The Kier molecular flexibility index (Phi) is 2.73. The minimum Gasteiger partial charge on any atom is -0.329 e. The Morgan fingerprint density at radius 1 is 1.25 bits per heavy atom. The van der Waals surface area contributed by atoms with Gasteiger partial charge in [0.05, 0.1) is 0 Å². The lowest BCUT2D eigenvalue weighted by atomic mass is 9.77. The van der Waals surface area contributed by atoms with Crippen molar-refractivity contribution in [1.29, 1.82) is 0 Å². The van der Waals surface area contributed by atoms with Crippen LogP contribution in [0.25, 0.3) is 0 Å². The van der Waals surface area contributed by atoms with Gasteiger partial charge in [0.2, 0.25) is 0 Å². The van der Waals surface area contributed by atoms with Crippen molar-refractivity contribution < 1.29 is 0 Å². The highest BCUT2D eigenvalue weighted by molar-refractivity contribution is 5.07. The Morgan fingerprint density at radius 2 is 2.12 bits per heavy atom. The molecule has 0 spiro atoms. The van der Waals surface area contributed by atoms with Crippen molar-refractivity contribution in [2.24, 2.45) is 11.7 Å². The fourth-order valence-corrected chi connectivity index (χ4v) is 4.39. The van der Waals surface area contributed by atoms with Crippen LogP contribution in [0.4, 0.5) is 0 Å². The second-order valence-corrected chi connectivity index (χ2v) is 6.03. The minimum absolute atomic E-state index is 0.350. The van der Waals surface area contributed by atoms with E-state index in [1.165, 1.54) is 51.9 Å².